The second-order valence-corrected chi connectivity index (χ2v) is 7.21. The Morgan fingerprint density at radius 3 is 2.77 bits per heavy atom. The maximum Gasteiger partial charge on any atom is 0.267 e. The molecule has 1 aliphatic carbocycles. The summed E-state index contributed by atoms with van der Waals surface area (Å²) >= 11 is 0. The Hall–Kier alpha value is -2.69. The number of nitrogens with zero attached hydrogens (tertiary/aromatic N) is 4. The van der Waals surface area contributed by atoms with Gasteiger partial charge >= 0.3 is 0 Å². The summed E-state index contributed by atoms with van der Waals surface area (Å²) in [6.45, 7) is 3.93. The van der Waals surface area contributed by atoms with Crippen molar-refractivity contribution in [3.8, 4) is 11.3 Å². The van der Waals surface area contributed by atoms with Crippen molar-refractivity contribution in [2.24, 2.45) is 0 Å². The van der Waals surface area contributed by atoms with Crippen LogP contribution in [0.4, 0.5) is 0 Å². The largest absolute Gasteiger partial charge is 0.268 e. The molecular weight excluding hydrogens is 324 g/mol. The monoisotopic (exact) mass is 348 g/mol. The van der Waals surface area contributed by atoms with Gasteiger partial charge in [0.15, 0.2) is 0 Å². The van der Waals surface area contributed by atoms with Gasteiger partial charge in [0.1, 0.15) is 0 Å². The van der Waals surface area contributed by atoms with Gasteiger partial charge in [-0.3, -0.25) is 4.79 Å². The van der Waals surface area contributed by atoms with Crippen LogP contribution in [0.3, 0.4) is 0 Å². The molecule has 4 rings (SSSR count). The van der Waals surface area contributed by atoms with E-state index in [1.165, 1.54) is 29.5 Å². The number of allylic oxidation sites excluding steroid dienone is 2. The quantitative estimate of drug-likeness (QED) is 0.701. The summed E-state index contributed by atoms with van der Waals surface area (Å²) in [6.07, 6.45) is 10.3. The minimum atomic E-state index is -0.0755. The predicted octanol–water partition coefficient (Wildman–Crippen LogP) is 4.49. The normalized spacial score (nSPS) is 15.3. The molecule has 0 N–H and O–H groups in total. The molecule has 0 aliphatic heterocycles. The maximum absolute atomic E-state index is 12.0. The Labute approximate surface area is 153 Å². The molecule has 3 aromatic rings. The van der Waals surface area contributed by atoms with Crippen LogP contribution in [0.5, 0.6) is 0 Å². The molecule has 134 valence electrons. The maximum atomic E-state index is 12.0. The number of hydrogen-bond acceptors (Lipinski definition) is 3. The molecule has 0 saturated heterocycles. The molecule has 0 fully saturated rings. The van der Waals surface area contributed by atoms with Crippen molar-refractivity contribution in [1.82, 2.24) is 19.4 Å². The first-order chi connectivity index (χ1) is 12.6. The van der Waals surface area contributed by atoms with Crippen molar-refractivity contribution < 1.29 is 0 Å². The van der Waals surface area contributed by atoms with E-state index in [0.717, 1.165) is 35.3 Å². The SMILES string of the molecule is CC(C)n1nc(-c2cccn3nc(C4=CCCCCC4)cc23)ccc1=O. The van der Waals surface area contributed by atoms with Gasteiger partial charge in [0.2, 0.25) is 0 Å². The van der Waals surface area contributed by atoms with Gasteiger partial charge in [0.05, 0.1) is 22.9 Å². The fourth-order valence-corrected chi connectivity index (χ4v) is 3.58. The standard InChI is InChI=1S/C21H24N4O/c1-15(2)25-21(26)12-11-18(23-25)17-10-7-13-24-20(17)14-19(22-24)16-8-5-3-4-6-9-16/h7-8,10-15H,3-6,9H2,1-2H3. The molecule has 0 radical (unpaired) electrons. The highest BCUT2D eigenvalue weighted by molar-refractivity contribution is 5.80. The van der Waals surface area contributed by atoms with Crippen LogP contribution in [0, 0.1) is 0 Å². The highest BCUT2D eigenvalue weighted by Crippen LogP contribution is 2.29. The lowest BCUT2D eigenvalue weighted by atomic mass is 10.1. The highest BCUT2D eigenvalue weighted by Gasteiger charge is 2.14. The fraction of sp³-hybridized carbons (Fsp3) is 0.381. The smallest absolute Gasteiger partial charge is 0.267 e. The van der Waals surface area contributed by atoms with Crippen LogP contribution >= 0.6 is 0 Å². The summed E-state index contributed by atoms with van der Waals surface area (Å²) < 4.78 is 3.45. The van der Waals surface area contributed by atoms with Crippen LogP contribution in [0.1, 0.15) is 57.7 Å². The lowest BCUT2D eigenvalue weighted by Gasteiger charge is -2.10. The van der Waals surface area contributed by atoms with Crippen LogP contribution in [-0.4, -0.2) is 19.4 Å². The summed E-state index contributed by atoms with van der Waals surface area (Å²) in [5.74, 6) is 0. The molecule has 3 aromatic heterocycles. The topological polar surface area (TPSA) is 52.2 Å². The van der Waals surface area contributed by atoms with Crippen LogP contribution in [0.15, 0.2) is 47.4 Å². The molecule has 0 saturated carbocycles. The Kier molecular flexibility index (Phi) is 4.45. The van der Waals surface area contributed by atoms with Gasteiger partial charge in [-0.05, 0) is 69.4 Å². The number of pyridine rings is 1. The molecule has 3 heterocycles. The van der Waals surface area contributed by atoms with Crippen molar-refractivity contribution in [1.29, 1.82) is 0 Å². The van der Waals surface area contributed by atoms with E-state index in [1.54, 1.807) is 12.1 Å². The third kappa shape index (κ3) is 3.09. The molecule has 0 bridgehead atoms. The Bertz CT molecular complexity index is 1030. The number of rotatable bonds is 3. The third-order valence-corrected chi connectivity index (χ3v) is 4.96. The molecule has 0 spiro atoms. The molecule has 5 heteroatoms. The molecule has 0 amide bonds. The fourth-order valence-electron chi connectivity index (χ4n) is 3.58. The third-order valence-electron chi connectivity index (χ3n) is 4.96. The zero-order valence-electron chi connectivity index (χ0n) is 15.4. The summed E-state index contributed by atoms with van der Waals surface area (Å²) in [5.41, 5.74) is 5.14. The Balaban J connectivity index is 1.83. The Morgan fingerprint density at radius 2 is 1.92 bits per heavy atom. The van der Waals surface area contributed by atoms with Crippen LogP contribution < -0.4 is 5.56 Å². The second kappa shape index (κ2) is 6.90. The van der Waals surface area contributed by atoms with E-state index in [0.29, 0.717) is 0 Å². The van der Waals surface area contributed by atoms with Gasteiger partial charge in [-0.2, -0.15) is 10.2 Å². The summed E-state index contributed by atoms with van der Waals surface area (Å²) in [4.78, 5) is 12.0. The molecule has 1 aliphatic rings. The van der Waals surface area contributed by atoms with E-state index in [1.807, 2.05) is 36.7 Å². The van der Waals surface area contributed by atoms with Crippen molar-refractivity contribution in [3.05, 3.63) is 58.7 Å². The van der Waals surface area contributed by atoms with Gasteiger partial charge in [0, 0.05) is 17.8 Å². The summed E-state index contributed by atoms with van der Waals surface area (Å²) in [7, 11) is 0. The van der Waals surface area contributed by atoms with Crippen LogP contribution in [0.25, 0.3) is 22.3 Å². The van der Waals surface area contributed by atoms with E-state index in [-0.39, 0.29) is 11.6 Å². The average Bonchev–Trinajstić information content (AvgIpc) is 2.88. The van der Waals surface area contributed by atoms with E-state index in [9.17, 15) is 4.79 Å². The van der Waals surface area contributed by atoms with Gasteiger partial charge in [-0.15, -0.1) is 0 Å². The highest BCUT2D eigenvalue weighted by atomic mass is 16.1. The first kappa shape index (κ1) is 16.8. The van der Waals surface area contributed by atoms with Gasteiger partial charge in [-0.25, -0.2) is 9.20 Å². The van der Waals surface area contributed by atoms with Crippen molar-refractivity contribution in [2.75, 3.05) is 0 Å². The van der Waals surface area contributed by atoms with Crippen molar-refractivity contribution >= 4 is 11.1 Å². The number of aromatic nitrogens is 4. The summed E-state index contributed by atoms with van der Waals surface area (Å²) in [5, 5.41) is 9.37. The minimum Gasteiger partial charge on any atom is -0.268 e. The Morgan fingerprint density at radius 1 is 1.04 bits per heavy atom. The lowest BCUT2D eigenvalue weighted by Crippen LogP contribution is -2.23. The molecule has 0 atom stereocenters. The number of hydrogen-bond donors (Lipinski definition) is 0. The first-order valence-corrected chi connectivity index (χ1v) is 9.41. The second-order valence-electron chi connectivity index (χ2n) is 7.21. The van der Waals surface area contributed by atoms with E-state index in [4.69, 9.17) is 5.10 Å². The molecule has 5 nitrogen and oxygen atoms in total. The minimum absolute atomic E-state index is 0.0267. The van der Waals surface area contributed by atoms with E-state index in [2.05, 4.69) is 17.2 Å². The van der Waals surface area contributed by atoms with Crippen molar-refractivity contribution in [2.45, 2.75) is 52.0 Å². The molecule has 0 aromatic carbocycles. The predicted molar refractivity (Wildman–Crippen MR) is 104 cm³/mol. The van der Waals surface area contributed by atoms with Crippen LogP contribution in [0.2, 0.25) is 0 Å². The summed E-state index contributed by atoms with van der Waals surface area (Å²) in [6, 6.07) is 9.59. The van der Waals surface area contributed by atoms with Crippen LogP contribution in [-0.2, 0) is 0 Å². The average molecular weight is 348 g/mol. The first-order valence-electron chi connectivity index (χ1n) is 9.41. The molecular formula is C21H24N4O. The lowest BCUT2D eigenvalue weighted by molar-refractivity contribution is 0.505. The van der Waals surface area contributed by atoms with Gasteiger partial charge in [0.25, 0.3) is 5.56 Å². The van der Waals surface area contributed by atoms with Gasteiger partial charge in [-0.1, -0.05) is 12.5 Å². The van der Waals surface area contributed by atoms with Crippen molar-refractivity contribution in [3.63, 3.8) is 0 Å². The zero-order valence-corrected chi connectivity index (χ0v) is 15.4. The van der Waals surface area contributed by atoms with Gasteiger partial charge < -0.3 is 0 Å². The number of fused-ring (bicyclic) bond motifs is 1. The van der Waals surface area contributed by atoms with E-state index < -0.39 is 0 Å². The van der Waals surface area contributed by atoms with E-state index >= 15 is 0 Å². The zero-order chi connectivity index (χ0) is 18.1. The molecule has 0 unspecified atom stereocenters. The molecule has 26 heavy (non-hydrogen) atoms.